The van der Waals surface area contributed by atoms with Crippen molar-refractivity contribution >= 4 is 5.97 Å². The minimum absolute atomic E-state index is 0.280. The maximum Gasteiger partial charge on any atom is 0.335 e. The van der Waals surface area contributed by atoms with Crippen molar-refractivity contribution in [1.29, 1.82) is 0 Å². The average molecular weight is 251 g/mol. The van der Waals surface area contributed by atoms with Crippen molar-refractivity contribution in [3.05, 3.63) is 29.8 Å². The van der Waals surface area contributed by atoms with Crippen LogP contribution in [-0.4, -0.2) is 42.2 Å². The molecule has 0 heterocycles. The molecule has 0 fully saturated rings. The summed E-state index contributed by atoms with van der Waals surface area (Å²) in [5, 5.41) is 8.76. The SMILES string of the molecule is CC(C)N(C)CCCOc1ccc(C(=O)O)cc1. The zero-order valence-electron chi connectivity index (χ0n) is 11.2. The maximum absolute atomic E-state index is 10.7. The quantitative estimate of drug-likeness (QED) is 0.756. The van der Waals surface area contributed by atoms with Crippen molar-refractivity contribution in [3.8, 4) is 5.75 Å². The monoisotopic (exact) mass is 251 g/mol. The molecule has 0 saturated heterocycles. The van der Waals surface area contributed by atoms with E-state index in [9.17, 15) is 4.79 Å². The highest BCUT2D eigenvalue weighted by molar-refractivity contribution is 5.87. The van der Waals surface area contributed by atoms with Crippen LogP contribution in [0.1, 0.15) is 30.6 Å². The Morgan fingerprint density at radius 3 is 2.44 bits per heavy atom. The Morgan fingerprint density at radius 1 is 1.33 bits per heavy atom. The number of carboxylic acids is 1. The van der Waals surface area contributed by atoms with Crippen molar-refractivity contribution in [2.45, 2.75) is 26.3 Å². The van der Waals surface area contributed by atoms with Crippen molar-refractivity contribution in [1.82, 2.24) is 4.90 Å². The molecule has 0 atom stereocenters. The van der Waals surface area contributed by atoms with Crippen LogP contribution in [0.15, 0.2) is 24.3 Å². The molecule has 1 aromatic carbocycles. The highest BCUT2D eigenvalue weighted by atomic mass is 16.5. The number of carbonyl (C=O) groups is 1. The van der Waals surface area contributed by atoms with Crippen LogP contribution >= 0.6 is 0 Å². The first kappa shape index (κ1) is 14.5. The van der Waals surface area contributed by atoms with Crippen LogP contribution in [-0.2, 0) is 0 Å². The minimum atomic E-state index is -0.917. The lowest BCUT2D eigenvalue weighted by Crippen LogP contribution is -2.28. The van der Waals surface area contributed by atoms with Crippen molar-refractivity contribution in [2.24, 2.45) is 0 Å². The zero-order valence-corrected chi connectivity index (χ0v) is 11.2. The van der Waals surface area contributed by atoms with Crippen LogP contribution in [0, 0.1) is 0 Å². The van der Waals surface area contributed by atoms with E-state index in [2.05, 4.69) is 25.8 Å². The highest BCUT2D eigenvalue weighted by Crippen LogP contribution is 2.12. The summed E-state index contributed by atoms with van der Waals surface area (Å²) in [5.74, 6) is -0.202. The molecule has 18 heavy (non-hydrogen) atoms. The van der Waals surface area contributed by atoms with E-state index in [0.717, 1.165) is 13.0 Å². The van der Waals surface area contributed by atoms with E-state index in [4.69, 9.17) is 9.84 Å². The molecule has 0 spiro atoms. The highest BCUT2D eigenvalue weighted by Gasteiger charge is 2.04. The van der Waals surface area contributed by atoms with Gasteiger partial charge in [0.25, 0.3) is 0 Å². The molecule has 0 amide bonds. The molecule has 0 aromatic heterocycles. The van der Waals surface area contributed by atoms with Crippen LogP contribution in [0.25, 0.3) is 0 Å². The van der Waals surface area contributed by atoms with Crippen molar-refractivity contribution in [3.63, 3.8) is 0 Å². The average Bonchev–Trinajstić information content (AvgIpc) is 2.34. The topological polar surface area (TPSA) is 49.8 Å². The Labute approximate surface area is 108 Å². The van der Waals surface area contributed by atoms with Gasteiger partial charge in [-0.15, -0.1) is 0 Å². The molecule has 0 saturated carbocycles. The largest absolute Gasteiger partial charge is 0.494 e. The number of hydrogen-bond donors (Lipinski definition) is 1. The Balaban J connectivity index is 2.29. The smallest absolute Gasteiger partial charge is 0.335 e. The fraction of sp³-hybridized carbons (Fsp3) is 0.500. The normalized spacial score (nSPS) is 10.9. The number of carboxylic acid groups (broad SMARTS) is 1. The number of nitrogens with zero attached hydrogens (tertiary/aromatic N) is 1. The van der Waals surface area contributed by atoms with Gasteiger partial charge in [0.15, 0.2) is 0 Å². The molecule has 1 N–H and O–H groups in total. The molecule has 0 aliphatic carbocycles. The predicted octanol–water partition coefficient (Wildman–Crippen LogP) is 2.49. The second kappa shape index (κ2) is 7.01. The van der Waals surface area contributed by atoms with Gasteiger partial charge in [0.2, 0.25) is 0 Å². The Kier molecular flexibility index (Phi) is 5.65. The van der Waals surface area contributed by atoms with E-state index >= 15 is 0 Å². The van der Waals surface area contributed by atoms with Gasteiger partial charge < -0.3 is 14.7 Å². The summed E-state index contributed by atoms with van der Waals surface area (Å²) in [6, 6.07) is 7.03. The molecule has 4 nitrogen and oxygen atoms in total. The Morgan fingerprint density at radius 2 is 1.94 bits per heavy atom. The molecule has 0 aliphatic heterocycles. The van der Waals surface area contributed by atoms with Crippen LogP contribution in [0.4, 0.5) is 0 Å². The number of benzene rings is 1. The van der Waals surface area contributed by atoms with Gasteiger partial charge in [0.05, 0.1) is 12.2 Å². The molecule has 0 aliphatic rings. The van der Waals surface area contributed by atoms with E-state index in [1.807, 2.05) is 0 Å². The lowest BCUT2D eigenvalue weighted by Gasteiger charge is -2.20. The summed E-state index contributed by atoms with van der Waals surface area (Å²) >= 11 is 0. The van der Waals surface area contributed by atoms with Gasteiger partial charge in [-0.1, -0.05) is 0 Å². The summed E-state index contributed by atoms with van der Waals surface area (Å²) < 4.78 is 5.55. The maximum atomic E-state index is 10.7. The standard InChI is InChI=1S/C14H21NO3/c1-11(2)15(3)9-4-10-18-13-7-5-12(6-8-13)14(16)17/h5-8,11H,4,9-10H2,1-3H3,(H,16,17). The van der Waals surface area contributed by atoms with Gasteiger partial charge in [-0.2, -0.15) is 0 Å². The second-order valence-electron chi connectivity index (χ2n) is 4.61. The fourth-order valence-corrected chi connectivity index (χ4v) is 1.46. The Bertz CT molecular complexity index is 373. The number of aromatic carboxylic acids is 1. The van der Waals surface area contributed by atoms with E-state index in [1.165, 1.54) is 0 Å². The van der Waals surface area contributed by atoms with E-state index < -0.39 is 5.97 Å². The minimum Gasteiger partial charge on any atom is -0.494 e. The Hall–Kier alpha value is -1.55. The van der Waals surface area contributed by atoms with E-state index in [1.54, 1.807) is 24.3 Å². The van der Waals surface area contributed by atoms with Gasteiger partial charge in [-0.05, 0) is 51.6 Å². The lowest BCUT2D eigenvalue weighted by atomic mass is 10.2. The van der Waals surface area contributed by atoms with Gasteiger partial charge in [-0.3, -0.25) is 0 Å². The summed E-state index contributed by atoms with van der Waals surface area (Å²) in [6.07, 6.45) is 0.954. The number of ether oxygens (including phenoxy) is 1. The third kappa shape index (κ3) is 4.75. The first-order valence-electron chi connectivity index (χ1n) is 6.17. The van der Waals surface area contributed by atoms with Crippen LogP contribution < -0.4 is 4.74 Å². The fourth-order valence-electron chi connectivity index (χ4n) is 1.46. The number of hydrogen-bond acceptors (Lipinski definition) is 3. The summed E-state index contributed by atoms with van der Waals surface area (Å²) in [6.45, 7) is 5.95. The molecular weight excluding hydrogens is 230 g/mol. The molecule has 4 heteroatoms. The van der Waals surface area contributed by atoms with Gasteiger partial charge in [-0.25, -0.2) is 4.79 Å². The molecule has 100 valence electrons. The van der Waals surface area contributed by atoms with Gasteiger partial charge in [0.1, 0.15) is 5.75 Å². The summed E-state index contributed by atoms with van der Waals surface area (Å²) in [7, 11) is 2.09. The van der Waals surface area contributed by atoms with Crippen molar-refractivity contribution in [2.75, 3.05) is 20.2 Å². The first-order valence-corrected chi connectivity index (χ1v) is 6.17. The molecule has 0 unspecified atom stereocenters. The summed E-state index contributed by atoms with van der Waals surface area (Å²) in [5.41, 5.74) is 0.280. The van der Waals surface area contributed by atoms with Gasteiger partial charge >= 0.3 is 5.97 Å². The van der Waals surface area contributed by atoms with Crippen LogP contribution in [0.2, 0.25) is 0 Å². The van der Waals surface area contributed by atoms with E-state index in [-0.39, 0.29) is 5.56 Å². The van der Waals surface area contributed by atoms with Crippen molar-refractivity contribution < 1.29 is 14.6 Å². The van der Waals surface area contributed by atoms with Crippen LogP contribution in [0.5, 0.6) is 5.75 Å². The van der Waals surface area contributed by atoms with Crippen LogP contribution in [0.3, 0.4) is 0 Å². The molecule has 1 rings (SSSR count). The van der Waals surface area contributed by atoms with E-state index in [0.29, 0.717) is 18.4 Å². The predicted molar refractivity (Wildman–Crippen MR) is 71.3 cm³/mol. The molecule has 0 radical (unpaired) electrons. The second-order valence-corrected chi connectivity index (χ2v) is 4.61. The molecule has 0 bridgehead atoms. The number of rotatable bonds is 7. The molecular formula is C14H21NO3. The first-order chi connectivity index (χ1) is 8.50. The van der Waals surface area contributed by atoms with Gasteiger partial charge in [0, 0.05) is 12.6 Å². The third-order valence-electron chi connectivity index (χ3n) is 2.91. The lowest BCUT2D eigenvalue weighted by molar-refractivity contribution is 0.0697. The summed E-state index contributed by atoms with van der Waals surface area (Å²) in [4.78, 5) is 12.9. The zero-order chi connectivity index (χ0) is 13.5. The third-order valence-corrected chi connectivity index (χ3v) is 2.91. The molecule has 1 aromatic rings.